The van der Waals surface area contributed by atoms with E-state index in [4.69, 9.17) is 40.0 Å². The fraction of sp³-hybridized carbons (Fsp3) is 0.577. The molecule has 8 atom stereocenters. The van der Waals surface area contributed by atoms with Gasteiger partial charge >= 0.3 is 12.1 Å². The maximum Gasteiger partial charge on any atom is 0.409 e. The average Bonchev–Trinajstić information content (AvgIpc) is 4.07. The second-order valence-corrected chi connectivity index (χ2v) is 23.2. The van der Waals surface area contributed by atoms with Crippen molar-refractivity contribution in [2.45, 2.75) is 140 Å². The molecular weight excluding hydrogens is 1030 g/mol. The molecule has 1 aromatic heterocycles. The number of halogens is 1. The van der Waals surface area contributed by atoms with Crippen LogP contribution in [0, 0.1) is 5.92 Å². The van der Waals surface area contributed by atoms with Crippen LogP contribution in [0.5, 0.6) is 11.5 Å². The van der Waals surface area contributed by atoms with Crippen molar-refractivity contribution in [2.75, 3.05) is 52.6 Å². The highest BCUT2D eigenvalue weighted by Crippen LogP contribution is 2.49. The number of alkyl carbamates (subject to hydrolysis) is 1. The number of methoxy groups -OCH3 is 2. The van der Waals surface area contributed by atoms with Crippen LogP contribution in [0.15, 0.2) is 59.4 Å². The number of hydrogen-bond acceptors (Lipinski definition) is 17. The Labute approximate surface area is 452 Å². The monoisotopic (exact) mass is 1100 g/mol. The van der Waals surface area contributed by atoms with Crippen molar-refractivity contribution in [1.82, 2.24) is 25.9 Å². The van der Waals surface area contributed by atoms with Gasteiger partial charge < -0.3 is 48.6 Å². The third kappa shape index (κ3) is 16.3. The molecule has 0 unspecified atom stereocenters. The molecule has 4 bridgehead atoms. The van der Waals surface area contributed by atoms with Crippen LogP contribution < -0.4 is 30.4 Å². The molecule has 0 saturated carbocycles. The zero-order chi connectivity index (χ0) is 55.4. The summed E-state index contributed by atoms with van der Waals surface area (Å²) in [6.45, 7) is 12.8. The number of carbonyl (C=O) groups is 6. The lowest BCUT2D eigenvalue weighted by Gasteiger charge is -2.42. The third-order valence-corrected chi connectivity index (χ3v) is 17.0. The Morgan fingerprint density at radius 3 is 2.56 bits per heavy atom. The fourth-order valence-electron chi connectivity index (χ4n) is 8.61. The number of esters is 1. The number of fused-ring (bicyclic) bond motifs is 5. The molecule has 3 aliphatic heterocycles. The largest absolute Gasteiger partial charge is 0.495 e. The van der Waals surface area contributed by atoms with Crippen LogP contribution in [0.1, 0.15) is 98.2 Å². The Hall–Kier alpha value is -5.39. The van der Waals surface area contributed by atoms with Crippen LogP contribution in [0.25, 0.3) is 0 Å². The number of hydrogen-bond donors (Lipinski definition) is 4. The quantitative estimate of drug-likeness (QED) is 0.0301. The number of rotatable bonds is 19. The molecule has 412 valence electrons. The lowest BCUT2D eigenvalue weighted by molar-refractivity contribution is -0.162. The number of benzene rings is 1. The second-order valence-electron chi connectivity index (χ2n) is 19.7. The minimum Gasteiger partial charge on any atom is -0.495 e. The first-order valence-corrected chi connectivity index (χ1v) is 27.3. The number of aliphatic hydroxyl groups is 1. The highest BCUT2D eigenvalue weighted by atomic mass is 35.5. The predicted octanol–water partition coefficient (Wildman–Crippen LogP) is 6.30. The number of nitrogens with one attached hydrogen (secondary N) is 3. The molecule has 0 spiro atoms. The fourth-order valence-corrected chi connectivity index (χ4v) is 11.4. The molecule has 3 aliphatic rings. The third-order valence-electron chi connectivity index (χ3n) is 13.3. The van der Waals surface area contributed by atoms with Crippen molar-refractivity contribution in [3.8, 4) is 11.5 Å². The van der Waals surface area contributed by atoms with Gasteiger partial charge in [0, 0.05) is 70.4 Å². The molecule has 4 heterocycles. The first-order valence-electron chi connectivity index (χ1n) is 24.6. The van der Waals surface area contributed by atoms with E-state index >= 15 is 0 Å². The smallest absolute Gasteiger partial charge is 0.409 e. The van der Waals surface area contributed by atoms with E-state index in [0.717, 1.165) is 11.1 Å². The van der Waals surface area contributed by atoms with E-state index in [1.807, 2.05) is 26.8 Å². The van der Waals surface area contributed by atoms with E-state index in [0.29, 0.717) is 60.2 Å². The topological polar surface area (TPSA) is 249 Å². The molecule has 2 fully saturated rings. The Balaban J connectivity index is 1.22. The van der Waals surface area contributed by atoms with Crippen LogP contribution >= 0.6 is 33.2 Å². The number of carbonyl (C=O) groups excluding carboxylic acids is 6. The van der Waals surface area contributed by atoms with E-state index in [2.05, 4.69) is 26.1 Å². The molecule has 0 aliphatic carbocycles. The van der Waals surface area contributed by atoms with E-state index < -0.39 is 70.4 Å². The summed E-state index contributed by atoms with van der Waals surface area (Å²) in [6.07, 6.45) is 3.23. The summed E-state index contributed by atoms with van der Waals surface area (Å²) in [4.78, 5) is 86.4. The van der Waals surface area contributed by atoms with Gasteiger partial charge in [-0.2, -0.15) is 5.10 Å². The van der Waals surface area contributed by atoms with Gasteiger partial charge in [0.25, 0.3) is 0 Å². The maximum atomic E-state index is 14.4. The Morgan fingerprint density at radius 2 is 1.89 bits per heavy atom. The molecule has 20 nitrogen and oxygen atoms in total. The first-order chi connectivity index (χ1) is 35.3. The summed E-state index contributed by atoms with van der Waals surface area (Å²) < 4.78 is 34.6. The molecule has 5 rings (SSSR count). The maximum absolute atomic E-state index is 14.4. The van der Waals surface area contributed by atoms with E-state index in [1.165, 1.54) is 59.6 Å². The van der Waals surface area contributed by atoms with Gasteiger partial charge in [-0.1, -0.05) is 63.9 Å². The van der Waals surface area contributed by atoms with Gasteiger partial charge in [-0.3, -0.25) is 29.5 Å². The molecule has 75 heavy (non-hydrogen) atoms. The SMILES string of the molecule is CNC(=O)CCCOc1ccc(/C(C)=N/NC(=O)CC(C)(C)SSCCC(=O)N(C)[C@@H](C)C(=O)O[C@H]2CC(=O)N(C)c3cc(cc(OC)c3Cl)C/C(C)=C/C=C/[C@@H](OC)[C@@]3(O)C[C@H](OC(=O)N3)[C@@H](C)[C@@H]3O[C@@]23C)nc1. The Kier molecular flexibility index (Phi) is 21.4. The van der Waals surface area contributed by atoms with Gasteiger partial charge in [0.2, 0.25) is 23.6 Å². The number of likely N-dealkylation sites (N-methyl/N-ethyl adjacent to an activating group) is 1. The second kappa shape index (κ2) is 26.6. The van der Waals surface area contributed by atoms with Gasteiger partial charge in [-0.05, 0) is 84.2 Å². The lowest BCUT2D eigenvalue weighted by atomic mass is 9.83. The van der Waals surface area contributed by atoms with Crippen molar-refractivity contribution in [3.63, 3.8) is 0 Å². The van der Waals surface area contributed by atoms with Crippen LogP contribution in [-0.2, 0) is 49.3 Å². The number of aromatic nitrogens is 1. The van der Waals surface area contributed by atoms with Gasteiger partial charge in [-0.15, -0.1) is 0 Å². The number of anilines is 1. The minimum absolute atomic E-state index is 0.0552. The van der Waals surface area contributed by atoms with Crippen molar-refractivity contribution >= 4 is 80.3 Å². The number of amides is 5. The molecule has 23 heteroatoms. The van der Waals surface area contributed by atoms with Crippen molar-refractivity contribution in [3.05, 3.63) is 70.5 Å². The van der Waals surface area contributed by atoms with E-state index in [1.54, 1.807) is 77.5 Å². The lowest BCUT2D eigenvalue weighted by Crippen LogP contribution is -2.63. The Bertz CT molecular complexity index is 2500. The molecule has 5 amide bonds. The average molecular weight is 1100 g/mol. The Morgan fingerprint density at radius 1 is 1.16 bits per heavy atom. The van der Waals surface area contributed by atoms with E-state index in [9.17, 15) is 33.9 Å². The number of ether oxygens (including phenoxy) is 6. The molecule has 2 saturated heterocycles. The molecule has 4 N–H and O–H groups in total. The molecule has 0 radical (unpaired) electrons. The van der Waals surface area contributed by atoms with Crippen LogP contribution in [0.2, 0.25) is 5.02 Å². The van der Waals surface area contributed by atoms with Crippen LogP contribution in [0.4, 0.5) is 10.5 Å². The highest BCUT2D eigenvalue weighted by molar-refractivity contribution is 8.77. The number of allylic oxidation sites excluding steroid dienone is 3. The van der Waals surface area contributed by atoms with Crippen molar-refractivity contribution in [1.29, 1.82) is 0 Å². The molecular formula is C52H72ClN7O13S2. The standard InChI is InChI=1S/C52H72ClN7O13S2/c1-30-15-13-16-40(69-12)52(67)27-39(71-49(66)56-52)31(2)47-51(7,73-47)41(26-45(64)60(10)37-24-34(23-30)25-38(68-11)46(37)53)72-48(65)33(4)59(9)44(63)20-22-74-75-50(5,6)28-43(62)58-57-32(3)36-19-18-35(29-55-36)70-21-14-17-42(61)54-8/h13,15-16,18-19,24-25,29,31,33,39-41,47,67H,14,17,20-23,26-28H2,1-12H3,(H,54,61)(H,56,66)(H,58,62)/b16-13+,30-15+,57-32+/t31-,33+,39+,40-,41+,47+,51+,52+/m1/s1. The summed E-state index contributed by atoms with van der Waals surface area (Å²) in [7, 11) is 10.4. The van der Waals surface area contributed by atoms with Crippen LogP contribution in [0.3, 0.4) is 0 Å². The summed E-state index contributed by atoms with van der Waals surface area (Å²) >= 11 is 6.83. The van der Waals surface area contributed by atoms with Gasteiger partial charge in [0.1, 0.15) is 46.5 Å². The van der Waals surface area contributed by atoms with Gasteiger partial charge in [-0.25, -0.2) is 15.0 Å². The van der Waals surface area contributed by atoms with Crippen molar-refractivity contribution in [2.24, 2.45) is 11.0 Å². The number of hydrazone groups is 1. The predicted molar refractivity (Wildman–Crippen MR) is 288 cm³/mol. The molecule has 2 aromatic rings. The zero-order valence-electron chi connectivity index (χ0n) is 44.8. The van der Waals surface area contributed by atoms with Crippen molar-refractivity contribution < 1.29 is 62.3 Å². The van der Waals surface area contributed by atoms with Gasteiger partial charge in [0.05, 0.1) is 49.5 Å². The summed E-state index contributed by atoms with van der Waals surface area (Å²) in [6, 6.07) is 5.95. The zero-order valence-corrected chi connectivity index (χ0v) is 47.2. The molecule has 1 aromatic carbocycles. The normalized spacial score (nSPS) is 25.7. The summed E-state index contributed by atoms with van der Waals surface area (Å²) in [5.74, 6) is -1.27. The van der Waals surface area contributed by atoms with Crippen LogP contribution in [-0.4, -0.2) is 151 Å². The minimum atomic E-state index is -1.87. The highest BCUT2D eigenvalue weighted by Gasteiger charge is 2.64. The number of pyridine rings is 1. The number of nitrogens with zero attached hydrogens (tertiary/aromatic N) is 4. The summed E-state index contributed by atoms with van der Waals surface area (Å²) in [5, 5.41) is 21.4. The van der Waals surface area contributed by atoms with Gasteiger partial charge in [0.15, 0.2) is 5.72 Å². The first kappa shape index (κ1) is 60.5. The van der Waals surface area contributed by atoms with E-state index in [-0.39, 0.29) is 48.4 Å². The summed E-state index contributed by atoms with van der Waals surface area (Å²) in [5.41, 5.74) is 2.53. The number of epoxide rings is 1.